The van der Waals surface area contributed by atoms with Gasteiger partial charge in [0.1, 0.15) is 5.75 Å². The van der Waals surface area contributed by atoms with Crippen LogP contribution < -0.4 is 10.5 Å². The van der Waals surface area contributed by atoms with Gasteiger partial charge in [0.15, 0.2) is 0 Å². The second-order valence-corrected chi connectivity index (χ2v) is 5.21. The smallest absolute Gasteiger partial charge is 0.222 e. The zero-order chi connectivity index (χ0) is 15.5. The number of hydrogen-bond donors (Lipinski definition) is 1. The Morgan fingerprint density at radius 3 is 2.38 bits per heavy atom. The zero-order valence-electron chi connectivity index (χ0n) is 13.3. The van der Waals surface area contributed by atoms with E-state index in [0.717, 1.165) is 50.1 Å². The molecule has 1 aromatic carbocycles. The van der Waals surface area contributed by atoms with E-state index in [9.17, 15) is 4.79 Å². The molecule has 0 aliphatic rings. The molecule has 0 unspecified atom stereocenters. The lowest BCUT2D eigenvalue weighted by atomic mass is 10.1. The summed E-state index contributed by atoms with van der Waals surface area (Å²) < 4.78 is 5.14. The molecule has 0 aliphatic carbocycles. The topological polar surface area (TPSA) is 55.6 Å². The largest absolute Gasteiger partial charge is 0.497 e. The van der Waals surface area contributed by atoms with Crippen LogP contribution in [0.5, 0.6) is 5.75 Å². The van der Waals surface area contributed by atoms with Gasteiger partial charge in [-0.25, -0.2) is 0 Å². The average Bonchev–Trinajstić information content (AvgIpc) is 2.52. The predicted molar refractivity (Wildman–Crippen MR) is 86.2 cm³/mol. The number of methoxy groups -OCH3 is 1. The Bertz CT molecular complexity index is 404. The van der Waals surface area contributed by atoms with Crippen molar-refractivity contribution in [3.63, 3.8) is 0 Å². The van der Waals surface area contributed by atoms with Gasteiger partial charge in [-0.2, -0.15) is 0 Å². The molecule has 0 atom stereocenters. The van der Waals surface area contributed by atoms with E-state index in [1.807, 2.05) is 36.1 Å². The lowest BCUT2D eigenvalue weighted by Crippen LogP contribution is -2.30. The van der Waals surface area contributed by atoms with Crippen molar-refractivity contribution >= 4 is 5.91 Å². The van der Waals surface area contributed by atoms with E-state index < -0.39 is 0 Å². The zero-order valence-corrected chi connectivity index (χ0v) is 13.3. The number of ether oxygens (including phenoxy) is 1. The first-order chi connectivity index (χ1) is 10.2. The molecule has 0 aliphatic heterocycles. The van der Waals surface area contributed by atoms with Gasteiger partial charge in [-0.1, -0.05) is 25.0 Å². The molecule has 1 aromatic rings. The number of unbranched alkanes of at least 4 members (excludes halogenated alkanes) is 3. The van der Waals surface area contributed by atoms with Gasteiger partial charge in [0.2, 0.25) is 5.91 Å². The molecule has 21 heavy (non-hydrogen) atoms. The molecule has 0 radical (unpaired) electrons. The summed E-state index contributed by atoms with van der Waals surface area (Å²) in [6, 6.07) is 7.88. The fourth-order valence-electron chi connectivity index (χ4n) is 2.26. The predicted octanol–water partition coefficient (Wildman–Crippen LogP) is 2.95. The maximum atomic E-state index is 12.2. The van der Waals surface area contributed by atoms with Crippen molar-refractivity contribution in [2.24, 2.45) is 5.73 Å². The summed E-state index contributed by atoms with van der Waals surface area (Å²) in [7, 11) is 1.65. The summed E-state index contributed by atoms with van der Waals surface area (Å²) in [6.07, 6.45) is 4.85. The Balaban J connectivity index is 2.39. The van der Waals surface area contributed by atoms with Gasteiger partial charge >= 0.3 is 0 Å². The molecule has 1 amide bonds. The molecule has 2 N–H and O–H groups in total. The van der Waals surface area contributed by atoms with Gasteiger partial charge in [-0.15, -0.1) is 0 Å². The Morgan fingerprint density at radius 1 is 1.14 bits per heavy atom. The van der Waals surface area contributed by atoms with Gasteiger partial charge in [0.25, 0.3) is 0 Å². The molecular formula is C17H28N2O2. The first-order valence-electron chi connectivity index (χ1n) is 7.82. The summed E-state index contributed by atoms with van der Waals surface area (Å²) >= 11 is 0. The Hall–Kier alpha value is -1.55. The van der Waals surface area contributed by atoms with Crippen LogP contribution in [0.1, 0.15) is 44.6 Å². The van der Waals surface area contributed by atoms with Crippen LogP contribution in [0.25, 0.3) is 0 Å². The fourth-order valence-corrected chi connectivity index (χ4v) is 2.26. The fraction of sp³-hybridized carbons (Fsp3) is 0.588. The van der Waals surface area contributed by atoms with Gasteiger partial charge in [0.05, 0.1) is 7.11 Å². The van der Waals surface area contributed by atoms with Gasteiger partial charge in [-0.3, -0.25) is 4.79 Å². The number of nitrogens with two attached hydrogens (primary N) is 1. The molecule has 4 nitrogen and oxygen atoms in total. The number of carbonyl (C=O) groups excluding carboxylic acids is 1. The quantitative estimate of drug-likeness (QED) is 0.675. The molecule has 0 saturated carbocycles. The van der Waals surface area contributed by atoms with Crippen LogP contribution in [0.15, 0.2) is 24.3 Å². The normalized spacial score (nSPS) is 10.4. The monoisotopic (exact) mass is 292 g/mol. The number of hydrogen-bond acceptors (Lipinski definition) is 3. The van der Waals surface area contributed by atoms with Crippen LogP contribution in [-0.2, 0) is 11.3 Å². The van der Waals surface area contributed by atoms with E-state index in [-0.39, 0.29) is 5.91 Å². The van der Waals surface area contributed by atoms with Gasteiger partial charge < -0.3 is 15.4 Å². The Kier molecular flexibility index (Phi) is 8.51. The standard InChI is InChI=1S/C17H28N2O2/c1-3-19(17(20)8-6-4-5-7-13-18)14-15-9-11-16(21-2)12-10-15/h9-12H,3-8,13-14,18H2,1-2H3. The second kappa shape index (κ2) is 10.2. The second-order valence-electron chi connectivity index (χ2n) is 5.21. The lowest BCUT2D eigenvalue weighted by Gasteiger charge is -2.21. The third-order valence-corrected chi connectivity index (χ3v) is 3.61. The third kappa shape index (κ3) is 6.63. The SMILES string of the molecule is CCN(Cc1ccc(OC)cc1)C(=O)CCCCCCN. The van der Waals surface area contributed by atoms with E-state index in [2.05, 4.69) is 0 Å². The third-order valence-electron chi connectivity index (χ3n) is 3.61. The summed E-state index contributed by atoms with van der Waals surface area (Å²) in [5, 5.41) is 0. The lowest BCUT2D eigenvalue weighted by molar-refractivity contribution is -0.131. The number of rotatable bonds is 10. The summed E-state index contributed by atoms with van der Waals surface area (Å²) in [5.41, 5.74) is 6.60. The summed E-state index contributed by atoms with van der Waals surface area (Å²) in [5.74, 6) is 1.08. The van der Waals surface area contributed by atoms with Crippen molar-refractivity contribution in [3.8, 4) is 5.75 Å². The van der Waals surface area contributed by atoms with Gasteiger partial charge in [-0.05, 0) is 44.0 Å². The minimum absolute atomic E-state index is 0.237. The van der Waals surface area contributed by atoms with Crippen LogP contribution >= 0.6 is 0 Å². The molecule has 0 fully saturated rings. The highest BCUT2D eigenvalue weighted by atomic mass is 16.5. The van der Waals surface area contributed by atoms with Crippen LogP contribution in [0.3, 0.4) is 0 Å². The van der Waals surface area contributed by atoms with Crippen molar-refractivity contribution in [1.82, 2.24) is 4.90 Å². The minimum atomic E-state index is 0.237. The van der Waals surface area contributed by atoms with Crippen molar-refractivity contribution in [2.75, 3.05) is 20.2 Å². The minimum Gasteiger partial charge on any atom is -0.497 e. The number of carbonyl (C=O) groups is 1. The van der Waals surface area contributed by atoms with Crippen LogP contribution in [0.4, 0.5) is 0 Å². The highest BCUT2D eigenvalue weighted by Crippen LogP contribution is 2.14. The maximum Gasteiger partial charge on any atom is 0.222 e. The summed E-state index contributed by atoms with van der Waals surface area (Å²) in [4.78, 5) is 14.1. The van der Waals surface area contributed by atoms with E-state index in [1.165, 1.54) is 0 Å². The maximum absolute atomic E-state index is 12.2. The molecule has 0 saturated heterocycles. The van der Waals surface area contributed by atoms with E-state index in [0.29, 0.717) is 13.0 Å². The number of nitrogens with zero attached hydrogens (tertiary/aromatic N) is 1. The molecule has 0 bridgehead atoms. The Morgan fingerprint density at radius 2 is 1.81 bits per heavy atom. The van der Waals surface area contributed by atoms with Crippen molar-refractivity contribution in [3.05, 3.63) is 29.8 Å². The highest BCUT2D eigenvalue weighted by molar-refractivity contribution is 5.76. The molecule has 0 aromatic heterocycles. The van der Waals surface area contributed by atoms with Gasteiger partial charge in [0, 0.05) is 19.5 Å². The number of amides is 1. The molecule has 4 heteroatoms. The average molecular weight is 292 g/mol. The Labute approximate surface area is 128 Å². The van der Waals surface area contributed by atoms with Crippen LogP contribution in [-0.4, -0.2) is 31.0 Å². The number of benzene rings is 1. The first-order valence-corrected chi connectivity index (χ1v) is 7.82. The molecular weight excluding hydrogens is 264 g/mol. The van der Waals surface area contributed by atoms with Crippen LogP contribution in [0.2, 0.25) is 0 Å². The summed E-state index contributed by atoms with van der Waals surface area (Å²) in [6.45, 7) is 4.18. The van der Waals surface area contributed by atoms with Crippen molar-refractivity contribution in [2.45, 2.75) is 45.6 Å². The van der Waals surface area contributed by atoms with Crippen molar-refractivity contribution < 1.29 is 9.53 Å². The highest BCUT2D eigenvalue weighted by Gasteiger charge is 2.11. The molecule has 118 valence electrons. The van der Waals surface area contributed by atoms with E-state index in [1.54, 1.807) is 7.11 Å². The first kappa shape index (κ1) is 17.5. The molecule has 1 rings (SSSR count). The molecule has 0 spiro atoms. The molecule has 0 heterocycles. The van der Waals surface area contributed by atoms with E-state index in [4.69, 9.17) is 10.5 Å². The van der Waals surface area contributed by atoms with Crippen molar-refractivity contribution in [1.29, 1.82) is 0 Å². The van der Waals surface area contributed by atoms with E-state index >= 15 is 0 Å². The van der Waals surface area contributed by atoms with Crippen LogP contribution in [0, 0.1) is 0 Å².